The van der Waals surface area contributed by atoms with Crippen LogP contribution < -0.4 is 9.47 Å². The van der Waals surface area contributed by atoms with Gasteiger partial charge in [0.25, 0.3) is 0 Å². The third kappa shape index (κ3) is 4.21. The summed E-state index contributed by atoms with van der Waals surface area (Å²) in [6.45, 7) is 4.02. The fourth-order valence-electron chi connectivity index (χ4n) is 1.75. The Labute approximate surface area is 125 Å². The lowest BCUT2D eigenvalue weighted by atomic mass is 10.1. The molecule has 0 saturated heterocycles. The molecule has 0 amide bonds. The monoisotopic (exact) mass is 291 g/mol. The van der Waals surface area contributed by atoms with Gasteiger partial charge < -0.3 is 9.47 Å². The molecule has 0 fully saturated rings. The van der Waals surface area contributed by atoms with Crippen LogP contribution in [0.3, 0.4) is 0 Å². The second kappa shape index (κ2) is 8.55. The molecule has 0 saturated carbocycles. The number of ether oxygens (including phenoxy) is 2. The fourth-order valence-corrected chi connectivity index (χ4v) is 2.95. The maximum absolute atomic E-state index is 9.17. The first-order valence-electron chi connectivity index (χ1n) is 6.64. The normalized spacial score (nSPS) is 11.6. The van der Waals surface area contributed by atoms with Crippen LogP contribution in [0.4, 0.5) is 0 Å². The predicted molar refractivity (Wildman–Crippen MR) is 85.1 cm³/mol. The number of unbranched alkanes of at least 4 members (excludes halogenated alkanes) is 1. The molecule has 0 atom stereocenters. The molecule has 1 rings (SSSR count). The van der Waals surface area contributed by atoms with Gasteiger partial charge >= 0.3 is 0 Å². The molecule has 20 heavy (non-hydrogen) atoms. The summed E-state index contributed by atoms with van der Waals surface area (Å²) in [6.07, 6.45) is 2.29. The Balaban J connectivity index is 3.12. The van der Waals surface area contributed by atoms with Crippen molar-refractivity contribution in [1.82, 2.24) is 0 Å². The number of allylic oxidation sites excluding steroid dienone is 1. The first-order chi connectivity index (χ1) is 9.67. The quantitative estimate of drug-likeness (QED) is 0.548. The zero-order valence-electron chi connectivity index (χ0n) is 12.5. The molecule has 0 heterocycles. The van der Waals surface area contributed by atoms with Gasteiger partial charge in [-0.1, -0.05) is 13.3 Å². The van der Waals surface area contributed by atoms with E-state index in [0.29, 0.717) is 11.5 Å². The Hall–Kier alpha value is -1.60. The highest BCUT2D eigenvalue weighted by Gasteiger charge is 2.11. The van der Waals surface area contributed by atoms with E-state index in [2.05, 4.69) is 13.0 Å². The number of nitriles is 1. The van der Waals surface area contributed by atoms with Crippen molar-refractivity contribution in [1.29, 1.82) is 5.26 Å². The van der Waals surface area contributed by atoms with Gasteiger partial charge in [0.2, 0.25) is 0 Å². The van der Waals surface area contributed by atoms with Crippen LogP contribution in [0.5, 0.6) is 11.5 Å². The highest BCUT2D eigenvalue weighted by Crippen LogP contribution is 2.36. The summed E-state index contributed by atoms with van der Waals surface area (Å²) in [6, 6.07) is 8.01. The van der Waals surface area contributed by atoms with Crippen molar-refractivity contribution in [2.24, 2.45) is 0 Å². The Morgan fingerprint density at radius 3 is 2.50 bits per heavy atom. The van der Waals surface area contributed by atoms with Gasteiger partial charge in [0.05, 0.1) is 20.3 Å². The molecule has 0 radical (unpaired) electrons. The summed E-state index contributed by atoms with van der Waals surface area (Å²) in [5.74, 6) is 2.40. The summed E-state index contributed by atoms with van der Waals surface area (Å²) in [7, 11) is 3.23. The SMILES string of the molecule is CCCCS/C(=C(/C)C#N)c1ccc(OC)c(OC)c1. The standard InChI is InChI=1S/C16H21NO2S/c1-5-6-9-20-16(12(2)11-17)13-7-8-14(18-3)15(10-13)19-4/h7-8,10H,5-6,9H2,1-4H3/b16-12-. The van der Waals surface area contributed by atoms with Crippen molar-refractivity contribution in [3.05, 3.63) is 29.3 Å². The number of nitrogens with zero attached hydrogens (tertiary/aromatic N) is 1. The molecule has 0 aliphatic rings. The van der Waals surface area contributed by atoms with Crippen molar-refractivity contribution in [2.75, 3.05) is 20.0 Å². The van der Waals surface area contributed by atoms with Gasteiger partial charge in [-0.2, -0.15) is 5.26 Å². The van der Waals surface area contributed by atoms with E-state index in [-0.39, 0.29) is 0 Å². The Morgan fingerprint density at radius 2 is 1.95 bits per heavy atom. The summed E-state index contributed by atoms with van der Waals surface area (Å²) in [5.41, 5.74) is 1.74. The minimum atomic E-state index is 0.685. The second-order valence-electron chi connectivity index (χ2n) is 4.34. The maximum atomic E-state index is 9.17. The lowest BCUT2D eigenvalue weighted by Gasteiger charge is -2.12. The topological polar surface area (TPSA) is 42.2 Å². The minimum absolute atomic E-state index is 0.685. The minimum Gasteiger partial charge on any atom is -0.493 e. The van der Waals surface area contributed by atoms with Crippen LogP contribution in [-0.2, 0) is 0 Å². The van der Waals surface area contributed by atoms with E-state index in [4.69, 9.17) is 9.47 Å². The molecule has 0 unspecified atom stereocenters. The van der Waals surface area contributed by atoms with E-state index >= 15 is 0 Å². The lowest BCUT2D eigenvalue weighted by Crippen LogP contribution is -1.93. The Morgan fingerprint density at radius 1 is 1.25 bits per heavy atom. The number of methoxy groups -OCH3 is 2. The van der Waals surface area contributed by atoms with E-state index in [0.717, 1.165) is 34.6 Å². The van der Waals surface area contributed by atoms with E-state index in [1.807, 2.05) is 25.1 Å². The van der Waals surface area contributed by atoms with Crippen molar-refractivity contribution in [3.8, 4) is 17.6 Å². The average molecular weight is 291 g/mol. The number of hydrogen-bond donors (Lipinski definition) is 0. The van der Waals surface area contributed by atoms with E-state index in [1.54, 1.807) is 26.0 Å². The first kappa shape index (κ1) is 16.5. The van der Waals surface area contributed by atoms with Crippen LogP contribution in [0.15, 0.2) is 23.8 Å². The van der Waals surface area contributed by atoms with Crippen LogP contribution >= 0.6 is 11.8 Å². The summed E-state index contributed by atoms with van der Waals surface area (Å²) in [5, 5.41) is 9.17. The third-order valence-corrected chi connectivity index (χ3v) is 4.22. The van der Waals surface area contributed by atoms with Crippen LogP contribution in [0, 0.1) is 11.3 Å². The molecular weight excluding hydrogens is 270 g/mol. The summed E-state index contributed by atoms with van der Waals surface area (Å²) in [4.78, 5) is 1.02. The average Bonchev–Trinajstić information content (AvgIpc) is 2.50. The lowest BCUT2D eigenvalue weighted by molar-refractivity contribution is 0.355. The smallest absolute Gasteiger partial charge is 0.161 e. The maximum Gasteiger partial charge on any atom is 0.161 e. The van der Waals surface area contributed by atoms with Crippen molar-refractivity contribution in [2.45, 2.75) is 26.7 Å². The largest absolute Gasteiger partial charge is 0.493 e. The molecule has 3 nitrogen and oxygen atoms in total. The van der Waals surface area contributed by atoms with Gasteiger partial charge in [0, 0.05) is 10.5 Å². The van der Waals surface area contributed by atoms with Crippen molar-refractivity contribution >= 4 is 16.7 Å². The van der Waals surface area contributed by atoms with Crippen LogP contribution in [0.2, 0.25) is 0 Å². The van der Waals surface area contributed by atoms with Crippen LogP contribution in [0.25, 0.3) is 4.91 Å². The van der Waals surface area contributed by atoms with Crippen molar-refractivity contribution in [3.63, 3.8) is 0 Å². The van der Waals surface area contributed by atoms with Gasteiger partial charge in [0.15, 0.2) is 11.5 Å². The molecular formula is C16H21NO2S. The number of benzene rings is 1. The fraction of sp³-hybridized carbons (Fsp3) is 0.438. The number of thioether (sulfide) groups is 1. The van der Waals surface area contributed by atoms with Gasteiger partial charge in [-0.05, 0) is 42.9 Å². The predicted octanol–water partition coefficient (Wildman–Crippen LogP) is 4.49. The molecule has 0 aliphatic heterocycles. The second-order valence-corrected chi connectivity index (χ2v) is 5.44. The number of rotatable bonds is 7. The van der Waals surface area contributed by atoms with Gasteiger partial charge in [-0.3, -0.25) is 0 Å². The zero-order chi connectivity index (χ0) is 15.0. The molecule has 1 aromatic rings. The number of hydrogen-bond acceptors (Lipinski definition) is 4. The Bertz CT molecular complexity index is 518. The summed E-state index contributed by atoms with van der Waals surface area (Å²) < 4.78 is 10.6. The molecule has 0 N–H and O–H groups in total. The van der Waals surface area contributed by atoms with Gasteiger partial charge in [0.1, 0.15) is 0 Å². The molecule has 0 aliphatic carbocycles. The van der Waals surface area contributed by atoms with Gasteiger partial charge in [-0.25, -0.2) is 0 Å². The molecule has 4 heteroatoms. The molecule has 0 spiro atoms. The molecule has 0 aromatic heterocycles. The van der Waals surface area contributed by atoms with E-state index in [9.17, 15) is 5.26 Å². The zero-order valence-corrected chi connectivity index (χ0v) is 13.3. The third-order valence-electron chi connectivity index (χ3n) is 2.90. The first-order valence-corrected chi connectivity index (χ1v) is 7.62. The summed E-state index contributed by atoms with van der Waals surface area (Å²) >= 11 is 1.73. The van der Waals surface area contributed by atoms with Crippen LogP contribution in [0.1, 0.15) is 32.3 Å². The van der Waals surface area contributed by atoms with Crippen LogP contribution in [-0.4, -0.2) is 20.0 Å². The van der Waals surface area contributed by atoms with Gasteiger partial charge in [-0.15, -0.1) is 11.8 Å². The highest BCUT2D eigenvalue weighted by molar-refractivity contribution is 8.08. The van der Waals surface area contributed by atoms with E-state index < -0.39 is 0 Å². The van der Waals surface area contributed by atoms with Crippen molar-refractivity contribution < 1.29 is 9.47 Å². The molecule has 1 aromatic carbocycles. The highest BCUT2D eigenvalue weighted by atomic mass is 32.2. The van der Waals surface area contributed by atoms with E-state index in [1.165, 1.54) is 0 Å². The molecule has 108 valence electrons. The molecule has 0 bridgehead atoms. The Kier molecular flexibility index (Phi) is 7.03.